The molecule has 0 aliphatic heterocycles. The van der Waals surface area contributed by atoms with Crippen LogP contribution in [0.2, 0.25) is 0 Å². The highest BCUT2D eigenvalue weighted by Gasteiger charge is 2.05. The van der Waals surface area contributed by atoms with Gasteiger partial charge in [0.25, 0.3) is 5.56 Å². The molecule has 1 heterocycles. The van der Waals surface area contributed by atoms with E-state index in [2.05, 4.69) is 0 Å². The number of nitrogens with two attached hydrogens (primary N) is 1. The zero-order valence-electron chi connectivity index (χ0n) is 13.4. The van der Waals surface area contributed by atoms with E-state index < -0.39 is 0 Å². The Hall–Kier alpha value is -2.85. The van der Waals surface area contributed by atoms with Crippen LogP contribution >= 0.6 is 0 Å². The second-order valence-corrected chi connectivity index (χ2v) is 5.60. The minimum Gasteiger partial charge on any atom is -0.483 e. The maximum atomic E-state index is 12.5. The molecule has 1 aromatic heterocycles. The van der Waals surface area contributed by atoms with Crippen LogP contribution in [0.1, 0.15) is 16.7 Å². The summed E-state index contributed by atoms with van der Waals surface area (Å²) in [5, 5.41) is 0. The fraction of sp³-hybridized carbons (Fsp3) is 0.150. The summed E-state index contributed by atoms with van der Waals surface area (Å²) in [5.74, 6) is 0.361. The van der Waals surface area contributed by atoms with Crippen LogP contribution in [0.15, 0.2) is 77.7 Å². The smallest absolute Gasteiger partial charge is 0.293 e. The molecule has 0 fully saturated rings. The number of ether oxygens (including phenoxy) is 1. The molecular formula is C20H20N2O2. The van der Waals surface area contributed by atoms with Gasteiger partial charge >= 0.3 is 0 Å². The highest BCUT2D eigenvalue weighted by molar-refractivity contribution is 5.24. The first kappa shape index (κ1) is 16.0. The third-order valence-electron chi connectivity index (χ3n) is 3.83. The molecule has 0 bridgehead atoms. The fourth-order valence-corrected chi connectivity index (χ4v) is 2.46. The van der Waals surface area contributed by atoms with Crippen molar-refractivity contribution in [3.63, 3.8) is 0 Å². The number of hydrogen-bond donors (Lipinski definition) is 1. The van der Waals surface area contributed by atoms with Gasteiger partial charge in [0.05, 0.1) is 6.54 Å². The van der Waals surface area contributed by atoms with Crippen LogP contribution in [0.5, 0.6) is 5.75 Å². The molecule has 2 N–H and O–H groups in total. The van der Waals surface area contributed by atoms with E-state index in [0.29, 0.717) is 25.4 Å². The first-order valence-corrected chi connectivity index (χ1v) is 7.90. The summed E-state index contributed by atoms with van der Waals surface area (Å²) in [6.45, 7) is 1.40. The molecule has 24 heavy (non-hydrogen) atoms. The van der Waals surface area contributed by atoms with Crippen LogP contribution in [0, 0.1) is 0 Å². The number of pyridine rings is 1. The van der Waals surface area contributed by atoms with Crippen molar-refractivity contribution in [2.24, 2.45) is 5.73 Å². The van der Waals surface area contributed by atoms with E-state index in [4.69, 9.17) is 10.5 Å². The van der Waals surface area contributed by atoms with Crippen LogP contribution in [0.4, 0.5) is 0 Å². The average Bonchev–Trinajstić information content (AvgIpc) is 2.64. The number of nitrogens with zero attached hydrogens (tertiary/aromatic N) is 1. The lowest BCUT2D eigenvalue weighted by atomic mass is 10.1. The molecule has 0 atom stereocenters. The van der Waals surface area contributed by atoms with Crippen molar-refractivity contribution in [2.75, 3.05) is 0 Å². The third kappa shape index (κ3) is 3.91. The van der Waals surface area contributed by atoms with Crippen LogP contribution in [-0.2, 0) is 19.7 Å². The van der Waals surface area contributed by atoms with Gasteiger partial charge in [0.1, 0.15) is 6.61 Å². The zero-order valence-corrected chi connectivity index (χ0v) is 13.4. The Bertz CT molecular complexity index is 840. The van der Waals surface area contributed by atoms with Crippen molar-refractivity contribution < 1.29 is 4.74 Å². The van der Waals surface area contributed by atoms with Crippen molar-refractivity contribution in [3.05, 3.63) is 100.0 Å². The van der Waals surface area contributed by atoms with E-state index in [-0.39, 0.29) is 5.56 Å². The molecule has 4 heteroatoms. The Morgan fingerprint density at radius 2 is 1.54 bits per heavy atom. The molecule has 0 aliphatic rings. The van der Waals surface area contributed by atoms with Crippen molar-refractivity contribution >= 4 is 0 Å². The molecule has 0 saturated carbocycles. The molecule has 0 saturated heterocycles. The van der Waals surface area contributed by atoms with Gasteiger partial charge in [0, 0.05) is 12.7 Å². The number of hydrogen-bond acceptors (Lipinski definition) is 3. The number of aromatic nitrogens is 1. The summed E-state index contributed by atoms with van der Waals surface area (Å²) in [6.07, 6.45) is 1.77. The first-order valence-electron chi connectivity index (χ1n) is 7.90. The van der Waals surface area contributed by atoms with E-state index in [9.17, 15) is 4.79 Å². The van der Waals surface area contributed by atoms with Crippen LogP contribution < -0.4 is 16.0 Å². The summed E-state index contributed by atoms with van der Waals surface area (Å²) < 4.78 is 7.34. The second kappa shape index (κ2) is 7.62. The van der Waals surface area contributed by atoms with E-state index >= 15 is 0 Å². The summed E-state index contributed by atoms with van der Waals surface area (Å²) >= 11 is 0. The topological polar surface area (TPSA) is 57.2 Å². The summed E-state index contributed by atoms with van der Waals surface area (Å²) in [5.41, 5.74) is 8.64. The predicted molar refractivity (Wildman–Crippen MR) is 94.9 cm³/mol. The van der Waals surface area contributed by atoms with E-state index in [1.54, 1.807) is 16.8 Å². The molecule has 2 aromatic carbocycles. The fourth-order valence-electron chi connectivity index (χ4n) is 2.46. The van der Waals surface area contributed by atoms with Gasteiger partial charge < -0.3 is 15.0 Å². The molecule has 3 rings (SSSR count). The monoisotopic (exact) mass is 320 g/mol. The highest BCUT2D eigenvalue weighted by Crippen LogP contribution is 2.09. The molecule has 0 amide bonds. The molecule has 0 unspecified atom stereocenters. The molecule has 0 aliphatic carbocycles. The molecule has 3 aromatic rings. The predicted octanol–water partition coefficient (Wildman–Crippen LogP) is 2.93. The summed E-state index contributed by atoms with van der Waals surface area (Å²) in [6, 6.07) is 21.3. The summed E-state index contributed by atoms with van der Waals surface area (Å²) in [7, 11) is 0. The third-order valence-corrected chi connectivity index (χ3v) is 3.83. The van der Waals surface area contributed by atoms with Gasteiger partial charge in [0.15, 0.2) is 5.75 Å². The van der Waals surface area contributed by atoms with E-state index in [1.807, 2.05) is 60.7 Å². The second-order valence-electron chi connectivity index (χ2n) is 5.60. The summed E-state index contributed by atoms with van der Waals surface area (Å²) in [4.78, 5) is 12.5. The van der Waals surface area contributed by atoms with Gasteiger partial charge in [0.2, 0.25) is 0 Å². The van der Waals surface area contributed by atoms with Gasteiger partial charge in [-0.3, -0.25) is 4.79 Å². The van der Waals surface area contributed by atoms with Gasteiger partial charge in [-0.25, -0.2) is 0 Å². The number of rotatable bonds is 6. The Morgan fingerprint density at radius 1 is 0.833 bits per heavy atom. The normalized spacial score (nSPS) is 10.5. The molecule has 122 valence electrons. The SMILES string of the molecule is NCc1ccc(Cn2cccc(OCc3ccccc3)c2=O)cc1. The maximum Gasteiger partial charge on any atom is 0.293 e. The van der Waals surface area contributed by atoms with Crippen molar-refractivity contribution in [1.29, 1.82) is 0 Å². The van der Waals surface area contributed by atoms with E-state index in [1.165, 1.54) is 0 Å². The Balaban J connectivity index is 1.74. The van der Waals surface area contributed by atoms with Crippen molar-refractivity contribution in [1.82, 2.24) is 4.57 Å². The minimum atomic E-state index is -0.128. The Kier molecular flexibility index (Phi) is 5.08. The quantitative estimate of drug-likeness (QED) is 0.760. The first-order chi connectivity index (χ1) is 11.8. The molecule has 4 nitrogen and oxygen atoms in total. The van der Waals surface area contributed by atoms with Crippen molar-refractivity contribution in [3.8, 4) is 5.75 Å². The van der Waals surface area contributed by atoms with Crippen LogP contribution in [0.3, 0.4) is 0 Å². The zero-order chi connectivity index (χ0) is 16.8. The lowest BCUT2D eigenvalue weighted by Crippen LogP contribution is -2.21. The average molecular weight is 320 g/mol. The van der Waals surface area contributed by atoms with Gasteiger partial charge in [-0.15, -0.1) is 0 Å². The highest BCUT2D eigenvalue weighted by atomic mass is 16.5. The maximum absolute atomic E-state index is 12.5. The van der Waals surface area contributed by atoms with Gasteiger partial charge in [-0.2, -0.15) is 0 Å². The standard InChI is InChI=1S/C20H20N2O2/c21-13-16-8-10-17(11-9-16)14-22-12-4-7-19(20(22)23)24-15-18-5-2-1-3-6-18/h1-12H,13-15,21H2. The number of benzene rings is 2. The largest absolute Gasteiger partial charge is 0.483 e. The Morgan fingerprint density at radius 3 is 2.25 bits per heavy atom. The van der Waals surface area contributed by atoms with Crippen LogP contribution in [0.25, 0.3) is 0 Å². The minimum absolute atomic E-state index is 0.128. The van der Waals surface area contributed by atoms with E-state index in [0.717, 1.165) is 16.7 Å². The van der Waals surface area contributed by atoms with Gasteiger partial charge in [-0.1, -0.05) is 54.6 Å². The van der Waals surface area contributed by atoms with Crippen LogP contribution in [-0.4, -0.2) is 4.57 Å². The van der Waals surface area contributed by atoms with Gasteiger partial charge in [-0.05, 0) is 28.8 Å². The molecular weight excluding hydrogens is 300 g/mol. The van der Waals surface area contributed by atoms with Crippen molar-refractivity contribution in [2.45, 2.75) is 19.7 Å². The lowest BCUT2D eigenvalue weighted by Gasteiger charge is -2.10. The lowest BCUT2D eigenvalue weighted by molar-refractivity contribution is 0.299. The Labute approximate surface area is 141 Å². The molecule has 0 radical (unpaired) electrons. The molecule has 0 spiro atoms.